The van der Waals surface area contributed by atoms with E-state index in [1.165, 1.54) is 16.7 Å². The normalized spacial score (nSPS) is 11.3. The lowest BCUT2D eigenvalue weighted by atomic mass is 10.1. The lowest BCUT2D eigenvalue weighted by Gasteiger charge is -2.27. The number of ether oxygens (including phenoxy) is 2. The predicted octanol–water partition coefficient (Wildman–Crippen LogP) is 8.29. The molecule has 4 nitrogen and oxygen atoms in total. The number of halogens is 1. The Hall–Kier alpha value is -3.41. The summed E-state index contributed by atoms with van der Waals surface area (Å²) in [6.45, 7) is 3.44. The van der Waals surface area contributed by atoms with Crippen LogP contribution in [-0.4, -0.2) is 24.3 Å². The van der Waals surface area contributed by atoms with E-state index < -0.39 is 0 Å². The summed E-state index contributed by atoms with van der Waals surface area (Å²) in [5.74, 6) is 2.49. The summed E-state index contributed by atoms with van der Waals surface area (Å²) in [6, 6.07) is 32.7. The SMILES string of the molecule is COc1ccc(CN(Cc2ccc(OC)cc2)C(=Nc2cc(Cl)ccc2C)SCc2ccccc2)cc1. The number of rotatable bonds is 9. The van der Waals surface area contributed by atoms with E-state index in [0.717, 1.165) is 33.7 Å². The van der Waals surface area contributed by atoms with Gasteiger partial charge in [0.25, 0.3) is 0 Å². The van der Waals surface area contributed by atoms with Gasteiger partial charge in [-0.1, -0.05) is 84.0 Å². The second-order valence-corrected chi connectivity index (χ2v) is 10.0. The van der Waals surface area contributed by atoms with Gasteiger partial charge in [-0.15, -0.1) is 0 Å². The minimum absolute atomic E-state index is 0.675. The van der Waals surface area contributed by atoms with Crippen molar-refractivity contribution in [2.75, 3.05) is 14.2 Å². The number of hydrogen-bond acceptors (Lipinski definition) is 4. The van der Waals surface area contributed by atoms with Crippen molar-refractivity contribution in [3.05, 3.63) is 124 Å². The third kappa shape index (κ3) is 7.78. The first-order valence-corrected chi connectivity index (χ1v) is 13.4. The summed E-state index contributed by atoms with van der Waals surface area (Å²) in [4.78, 5) is 7.48. The minimum Gasteiger partial charge on any atom is -0.497 e. The van der Waals surface area contributed by atoms with Crippen molar-refractivity contribution in [2.24, 2.45) is 4.99 Å². The number of hydrogen-bond donors (Lipinski definition) is 0. The van der Waals surface area contributed by atoms with E-state index >= 15 is 0 Å². The van der Waals surface area contributed by atoms with Crippen LogP contribution >= 0.6 is 23.4 Å². The zero-order chi connectivity index (χ0) is 26.0. The van der Waals surface area contributed by atoms with Gasteiger partial charge in [-0.3, -0.25) is 0 Å². The molecule has 6 heteroatoms. The van der Waals surface area contributed by atoms with E-state index in [0.29, 0.717) is 18.1 Å². The molecule has 0 aromatic heterocycles. The van der Waals surface area contributed by atoms with Crippen molar-refractivity contribution >= 4 is 34.2 Å². The molecular formula is C31H31ClN2O2S. The first kappa shape index (κ1) is 26.6. The van der Waals surface area contributed by atoms with E-state index in [-0.39, 0.29) is 0 Å². The van der Waals surface area contributed by atoms with E-state index in [1.54, 1.807) is 26.0 Å². The molecule has 0 saturated heterocycles. The van der Waals surface area contributed by atoms with E-state index in [4.69, 9.17) is 26.1 Å². The molecule has 4 aromatic carbocycles. The summed E-state index contributed by atoms with van der Waals surface area (Å²) >= 11 is 8.09. The third-order valence-corrected chi connectivity index (χ3v) is 7.25. The molecule has 0 heterocycles. The highest BCUT2D eigenvalue weighted by atomic mass is 35.5. The number of aliphatic imine (C=N–C) groups is 1. The Bertz CT molecular complexity index is 1260. The molecule has 0 amide bonds. The van der Waals surface area contributed by atoms with Crippen LogP contribution in [0.15, 0.2) is 102 Å². The Labute approximate surface area is 228 Å². The van der Waals surface area contributed by atoms with Crippen molar-refractivity contribution in [3.63, 3.8) is 0 Å². The summed E-state index contributed by atoms with van der Waals surface area (Å²) in [5, 5.41) is 1.61. The van der Waals surface area contributed by atoms with Crippen LogP contribution in [0.2, 0.25) is 5.02 Å². The Balaban J connectivity index is 1.72. The lowest BCUT2D eigenvalue weighted by Crippen LogP contribution is -2.28. The number of thioether (sulfide) groups is 1. The third-order valence-electron chi connectivity index (χ3n) is 5.93. The minimum atomic E-state index is 0.675. The lowest BCUT2D eigenvalue weighted by molar-refractivity contribution is 0.405. The summed E-state index contributed by atoms with van der Waals surface area (Å²) in [7, 11) is 3.37. The van der Waals surface area contributed by atoms with Crippen LogP contribution in [0.1, 0.15) is 22.3 Å². The van der Waals surface area contributed by atoms with Crippen molar-refractivity contribution in [1.82, 2.24) is 4.90 Å². The zero-order valence-electron chi connectivity index (χ0n) is 21.4. The quantitative estimate of drug-likeness (QED) is 0.161. The number of methoxy groups -OCH3 is 2. The number of aryl methyl sites for hydroxylation is 1. The van der Waals surface area contributed by atoms with Crippen LogP contribution in [-0.2, 0) is 18.8 Å². The smallest absolute Gasteiger partial charge is 0.165 e. The molecule has 37 heavy (non-hydrogen) atoms. The number of amidine groups is 1. The monoisotopic (exact) mass is 530 g/mol. The van der Waals surface area contributed by atoms with Crippen LogP contribution in [0.5, 0.6) is 11.5 Å². The molecule has 4 rings (SSSR count). The molecular weight excluding hydrogens is 500 g/mol. The molecule has 0 fully saturated rings. The molecule has 0 radical (unpaired) electrons. The standard InChI is InChI=1S/C31H31ClN2O2S/c1-23-9-14-27(32)19-30(23)33-31(37-22-26-7-5-4-6-8-26)34(20-24-10-15-28(35-2)16-11-24)21-25-12-17-29(36-3)18-13-25/h4-19H,20-22H2,1-3H3. The highest BCUT2D eigenvalue weighted by Gasteiger charge is 2.16. The predicted molar refractivity (Wildman–Crippen MR) is 156 cm³/mol. The number of benzene rings is 4. The zero-order valence-corrected chi connectivity index (χ0v) is 22.9. The molecule has 190 valence electrons. The van der Waals surface area contributed by atoms with Crippen LogP contribution in [0.3, 0.4) is 0 Å². The Morgan fingerprint density at radius 1 is 0.757 bits per heavy atom. The first-order valence-electron chi connectivity index (χ1n) is 12.1. The molecule has 0 spiro atoms. The van der Waals surface area contributed by atoms with Crippen LogP contribution < -0.4 is 9.47 Å². The number of nitrogens with zero attached hydrogens (tertiary/aromatic N) is 2. The Morgan fingerprint density at radius 2 is 1.32 bits per heavy atom. The van der Waals surface area contributed by atoms with E-state index in [2.05, 4.69) is 60.4 Å². The fourth-order valence-corrected chi connectivity index (χ4v) is 4.95. The maximum atomic E-state index is 6.36. The summed E-state index contributed by atoms with van der Waals surface area (Å²) in [5.41, 5.74) is 5.54. The van der Waals surface area contributed by atoms with Gasteiger partial charge in [0.05, 0.1) is 19.9 Å². The highest BCUT2D eigenvalue weighted by Crippen LogP contribution is 2.28. The van der Waals surface area contributed by atoms with Crippen LogP contribution in [0, 0.1) is 6.92 Å². The van der Waals surface area contributed by atoms with E-state index in [1.807, 2.05) is 48.5 Å². The van der Waals surface area contributed by atoms with Crippen LogP contribution in [0.4, 0.5) is 5.69 Å². The molecule has 0 N–H and O–H groups in total. The fourth-order valence-electron chi connectivity index (χ4n) is 3.82. The average Bonchev–Trinajstić information content (AvgIpc) is 2.94. The fraction of sp³-hybridized carbons (Fsp3) is 0.194. The van der Waals surface area contributed by atoms with Crippen LogP contribution in [0.25, 0.3) is 0 Å². The maximum Gasteiger partial charge on any atom is 0.165 e. The second kappa shape index (κ2) is 13.2. The van der Waals surface area contributed by atoms with Gasteiger partial charge in [-0.2, -0.15) is 0 Å². The van der Waals surface area contributed by atoms with Crippen molar-refractivity contribution in [2.45, 2.75) is 25.8 Å². The van der Waals surface area contributed by atoms with Gasteiger partial charge in [-0.25, -0.2) is 4.99 Å². The van der Waals surface area contributed by atoms with Crippen molar-refractivity contribution in [3.8, 4) is 11.5 Å². The summed E-state index contributed by atoms with van der Waals surface area (Å²) in [6.07, 6.45) is 0. The Kier molecular flexibility index (Phi) is 9.52. The van der Waals surface area contributed by atoms with Gasteiger partial charge in [0.2, 0.25) is 0 Å². The van der Waals surface area contributed by atoms with Crippen molar-refractivity contribution in [1.29, 1.82) is 0 Å². The molecule has 0 aliphatic heterocycles. The summed E-state index contributed by atoms with van der Waals surface area (Å²) < 4.78 is 10.7. The molecule has 4 aromatic rings. The van der Waals surface area contributed by atoms with Gasteiger partial charge in [0, 0.05) is 23.9 Å². The topological polar surface area (TPSA) is 34.1 Å². The second-order valence-electron chi connectivity index (χ2n) is 8.65. The van der Waals surface area contributed by atoms with Gasteiger partial charge < -0.3 is 14.4 Å². The van der Waals surface area contributed by atoms with Gasteiger partial charge in [0.1, 0.15) is 11.5 Å². The van der Waals surface area contributed by atoms with Gasteiger partial charge >= 0.3 is 0 Å². The highest BCUT2D eigenvalue weighted by molar-refractivity contribution is 8.13. The van der Waals surface area contributed by atoms with E-state index in [9.17, 15) is 0 Å². The Morgan fingerprint density at radius 3 is 1.86 bits per heavy atom. The first-order chi connectivity index (χ1) is 18.0. The molecule has 0 atom stereocenters. The van der Waals surface area contributed by atoms with Gasteiger partial charge in [-0.05, 0) is 65.6 Å². The maximum absolute atomic E-state index is 6.36. The molecule has 0 aliphatic carbocycles. The molecule has 0 unspecified atom stereocenters. The molecule has 0 aliphatic rings. The molecule has 0 saturated carbocycles. The largest absolute Gasteiger partial charge is 0.497 e. The average molecular weight is 531 g/mol. The molecule has 0 bridgehead atoms. The van der Waals surface area contributed by atoms with Crippen molar-refractivity contribution < 1.29 is 9.47 Å². The van der Waals surface area contributed by atoms with Gasteiger partial charge in [0.15, 0.2) is 5.17 Å².